The molecule has 0 aromatic carbocycles. The van der Waals surface area contributed by atoms with Crippen molar-refractivity contribution < 1.29 is 4.52 Å². The molecule has 1 aliphatic carbocycles. The van der Waals surface area contributed by atoms with E-state index in [1.54, 1.807) is 19.3 Å². The van der Waals surface area contributed by atoms with Crippen molar-refractivity contribution in [1.82, 2.24) is 25.8 Å². The lowest BCUT2D eigenvalue weighted by Gasteiger charge is -2.09. The van der Waals surface area contributed by atoms with E-state index >= 15 is 0 Å². The Balaban J connectivity index is 1.47. The Morgan fingerprint density at radius 1 is 1.36 bits per heavy atom. The monoisotopic (exact) mass is 320 g/mol. The minimum absolute atomic E-state index is 0.438. The number of halogens is 1. The van der Waals surface area contributed by atoms with Crippen molar-refractivity contribution in [2.24, 2.45) is 4.99 Å². The topological polar surface area (TPSA) is 88.2 Å². The summed E-state index contributed by atoms with van der Waals surface area (Å²) in [5.74, 6) is 2.51. The Labute approximate surface area is 133 Å². The van der Waals surface area contributed by atoms with Crippen molar-refractivity contribution in [3.05, 3.63) is 40.8 Å². The van der Waals surface area contributed by atoms with Crippen LogP contribution in [0.1, 0.15) is 36.2 Å². The van der Waals surface area contributed by atoms with Gasteiger partial charge in [0.05, 0.1) is 23.8 Å². The molecule has 1 saturated carbocycles. The molecule has 0 aliphatic heterocycles. The number of aromatic nitrogens is 3. The summed E-state index contributed by atoms with van der Waals surface area (Å²) in [4.78, 5) is 12.7. The van der Waals surface area contributed by atoms with E-state index in [-0.39, 0.29) is 0 Å². The van der Waals surface area contributed by atoms with Gasteiger partial charge in [0, 0.05) is 19.2 Å². The molecule has 2 aromatic heterocycles. The number of guanidine groups is 1. The third kappa shape index (κ3) is 3.94. The lowest BCUT2D eigenvalue weighted by Crippen LogP contribution is -2.36. The second-order valence-corrected chi connectivity index (χ2v) is 5.50. The predicted octanol–water partition coefficient (Wildman–Crippen LogP) is 1.86. The van der Waals surface area contributed by atoms with Crippen molar-refractivity contribution >= 4 is 17.6 Å². The van der Waals surface area contributed by atoms with Crippen molar-refractivity contribution in [2.45, 2.75) is 31.8 Å². The normalized spacial score (nSPS) is 14.9. The zero-order valence-corrected chi connectivity index (χ0v) is 13.0. The van der Waals surface area contributed by atoms with Gasteiger partial charge in [0.2, 0.25) is 5.89 Å². The molecular weight excluding hydrogens is 304 g/mol. The number of rotatable bonds is 5. The molecule has 3 rings (SSSR count). The summed E-state index contributed by atoms with van der Waals surface area (Å²) < 4.78 is 5.20. The summed E-state index contributed by atoms with van der Waals surface area (Å²) in [6.07, 6.45) is 3.93. The van der Waals surface area contributed by atoms with Crippen LogP contribution in [0.5, 0.6) is 0 Å². The van der Waals surface area contributed by atoms with Crippen LogP contribution in [0, 0.1) is 0 Å². The Morgan fingerprint density at radius 3 is 2.86 bits per heavy atom. The molecule has 1 fully saturated rings. The Bertz CT molecular complexity index is 650. The van der Waals surface area contributed by atoms with Gasteiger partial charge >= 0.3 is 0 Å². The zero-order valence-electron chi connectivity index (χ0n) is 12.2. The quantitative estimate of drug-likeness (QED) is 0.646. The van der Waals surface area contributed by atoms with Crippen molar-refractivity contribution in [2.75, 3.05) is 7.05 Å². The van der Waals surface area contributed by atoms with Gasteiger partial charge in [-0.05, 0) is 25.0 Å². The van der Waals surface area contributed by atoms with Crippen molar-refractivity contribution in [1.29, 1.82) is 0 Å². The number of pyridine rings is 1. The molecule has 0 atom stereocenters. The van der Waals surface area contributed by atoms with Gasteiger partial charge in [-0.1, -0.05) is 16.8 Å². The van der Waals surface area contributed by atoms with Crippen LogP contribution < -0.4 is 10.6 Å². The second-order valence-electron chi connectivity index (χ2n) is 5.07. The minimum Gasteiger partial charge on any atom is -0.351 e. The fourth-order valence-corrected chi connectivity index (χ4v) is 2.02. The third-order valence-electron chi connectivity index (χ3n) is 3.28. The summed E-state index contributed by atoms with van der Waals surface area (Å²) in [6, 6.07) is 3.67. The summed E-state index contributed by atoms with van der Waals surface area (Å²) in [5, 5.41) is 10.9. The van der Waals surface area contributed by atoms with Gasteiger partial charge in [0.25, 0.3) is 0 Å². The smallest absolute Gasteiger partial charge is 0.246 e. The van der Waals surface area contributed by atoms with E-state index in [1.807, 2.05) is 6.07 Å². The first kappa shape index (κ1) is 14.8. The van der Waals surface area contributed by atoms with Gasteiger partial charge in [-0.25, -0.2) is 0 Å². The van der Waals surface area contributed by atoms with Gasteiger partial charge in [-0.3, -0.25) is 9.98 Å². The van der Waals surface area contributed by atoms with Crippen LogP contribution in [0.15, 0.2) is 27.8 Å². The first-order valence-electron chi connectivity index (χ1n) is 7.12. The molecule has 116 valence electrons. The molecule has 2 aromatic rings. The van der Waals surface area contributed by atoms with Gasteiger partial charge < -0.3 is 15.2 Å². The number of hydrogen-bond acceptors (Lipinski definition) is 5. The van der Waals surface area contributed by atoms with Gasteiger partial charge in [-0.2, -0.15) is 4.98 Å². The summed E-state index contributed by atoms with van der Waals surface area (Å²) in [7, 11) is 1.70. The molecule has 1 aliphatic rings. The lowest BCUT2D eigenvalue weighted by atomic mass is 10.3. The van der Waals surface area contributed by atoms with Gasteiger partial charge in [0.1, 0.15) is 0 Å². The largest absolute Gasteiger partial charge is 0.351 e. The van der Waals surface area contributed by atoms with E-state index in [9.17, 15) is 0 Å². The zero-order chi connectivity index (χ0) is 15.4. The van der Waals surface area contributed by atoms with E-state index in [1.165, 1.54) is 0 Å². The number of aliphatic imine (C=N–C) groups is 1. The highest BCUT2D eigenvalue weighted by molar-refractivity contribution is 6.30. The number of hydrogen-bond donors (Lipinski definition) is 2. The highest BCUT2D eigenvalue weighted by Gasteiger charge is 2.28. The van der Waals surface area contributed by atoms with E-state index in [0.29, 0.717) is 35.9 Å². The average Bonchev–Trinajstić information content (AvgIpc) is 3.28. The third-order valence-corrected chi connectivity index (χ3v) is 3.51. The first-order valence-corrected chi connectivity index (χ1v) is 7.50. The van der Waals surface area contributed by atoms with Crippen LogP contribution >= 0.6 is 11.6 Å². The van der Waals surface area contributed by atoms with Crippen LogP contribution in [-0.2, 0) is 13.1 Å². The van der Waals surface area contributed by atoms with E-state index in [2.05, 4.69) is 30.8 Å². The van der Waals surface area contributed by atoms with Gasteiger partial charge in [0.15, 0.2) is 11.8 Å². The molecule has 0 amide bonds. The molecular formula is C14H17ClN6O. The molecule has 22 heavy (non-hydrogen) atoms. The van der Waals surface area contributed by atoms with Crippen LogP contribution in [0.3, 0.4) is 0 Å². The fraction of sp³-hybridized carbons (Fsp3) is 0.429. The lowest BCUT2D eigenvalue weighted by molar-refractivity contribution is 0.370. The predicted molar refractivity (Wildman–Crippen MR) is 82.6 cm³/mol. The molecule has 2 N–H and O–H groups in total. The van der Waals surface area contributed by atoms with E-state index in [0.717, 1.165) is 24.4 Å². The molecule has 0 unspecified atom stereocenters. The summed E-state index contributed by atoms with van der Waals surface area (Å²) in [5.41, 5.74) is 0.876. The summed E-state index contributed by atoms with van der Waals surface area (Å²) >= 11 is 5.81. The van der Waals surface area contributed by atoms with Crippen molar-refractivity contribution in [3.8, 4) is 0 Å². The number of nitrogens with one attached hydrogen (secondary N) is 2. The van der Waals surface area contributed by atoms with Crippen LogP contribution in [-0.4, -0.2) is 28.1 Å². The SMILES string of the molecule is CN=C(NCc1ccc(Cl)cn1)NCc1nc(C2CC2)no1. The maximum atomic E-state index is 5.81. The fourth-order valence-electron chi connectivity index (χ4n) is 1.91. The number of nitrogens with zero attached hydrogens (tertiary/aromatic N) is 4. The van der Waals surface area contributed by atoms with Crippen molar-refractivity contribution in [3.63, 3.8) is 0 Å². The standard InChI is InChI=1S/C14H17ClN6O/c1-16-14(18-7-11-5-4-10(15)6-17-11)19-8-12-20-13(21-22-12)9-2-3-9/h4-6,9H,2-3,7-8H2,1H3,(H2,16,18,19). The van der Waals surface area contributed by atoms with Crippen LogP contribution in [0.4, 0.5) is 0 Å². The maximum Gasteiger partial charge on any atom is 0.246 e. The molecule has 8 heteroatoms. The minimum atomic E-state index is 0.438. The Morgan fingerprint density at radius 2 is 2.18 bits per heavy atom. The van der Waals surface area contributed by atoms with Crippen LogP contribution in [0.2, 0.25) is 5.02 Å². The molecule has 0 spiro atoms. The highest BCUT2D eigenvalue weighted by Crippen LogP contribution is 2.37. The highest BCUT2D eigenvalue weighted by atomic mass is 35.5. The molecule has 0 radical (unpaired) electrons. The average molecular weight is 321 g/mol. The summed E-state index contributed by atoms with van der Waals surface area (Å²) in [6.45, 7) is 0.988. The van der Waals surface area contributed by atoms with E-state index in [4.69, 9.17) is 16.1 Å². The Hall–Kier alpha value is -2.15. The van der Waals surface area contributed by atoms with E-state index < -0.39 is 0 Å². The second kappa shape index (κ2) is 6.74. The molecule has 7 nitrogen and oxygen atoms in total. The van der Waals surface area contributed by atoms with Gasteiger partial charge in [-0.15, -0.1) is 0 Å². The maximum absolute atomic E-state index is 5.81. The Kier molecular flexibility index (Phi) is 4.53. The molecule has 0 saturated heterocycles. The molecule has 2 heterocycles. The van der Waals surface area contributed by atoms with Crippen LogP contribution in [0.25, 0.3) is 0 Å². The first-order chi connectivity index (χ1) is 10.7. The molecule has 0 bridgehead atoms.